The Bertz CT molecular complexity index is 1020. The van der Waals surface area contributed by atoms with Crippen LogP contribution in [-0.2, 0) is 17.8 Å². The molecule has 30 heavy (non-hydrogen) atoms. The highest BCUT2D eigenvalue weighted by Gasteiger charge is 2.07. The number of aromatic amines is 1. The molecule has 0 aliphatic carbocycles. The quantitative estimate of drug-likeness (QED) is 0.354. The third-order valence-electron chi connectivity index (χ3n) is 4.85. The molecular weight excluding hydrogens is 381 g/mol. The number of hydrogen-bond acceptors (Lipinski definition) is 2. The second kappa shape index (κ2) is 9.91. The lowest BCUT2D eigenvalue weighted by molar-refractivity contribution is -0.118. The molecule has 1 amide bonds. The Kier molecular flexibility index (Phi) is 7.06. The van der Waals surface area contributed by atoms with Crippen molar-refractivity contribution in [1.82, 2.24) is 15.6 Å². The van der Waals surface area contributed by atoms with Crippen LogP contribution >= 0.6 is 0 Å². The molecule has 0 unspecified atom stereocenters. The summed E-state index contributed by atoms with van der Waals surface area (Å²) in [4.78, 5) is 19.1. The Hall–Kier alpha value is -3.35. The number of amides is 1. The fourth-order valence-corrected chi connectivity index (χ4v) is 3.08. The first-order chi connectivity index (χ1) is 14.5. The van der Waals surface area contributed by atoms with Gasteiger partial charge in [-0.1, -0.05) is 26.0 Å². The number of aromatic nitrogens is 1. The topological polar surface area (TPSA) is 81.3 Å². The largest absolute Gasteiger partial charge is 0.361 e. The van der Waals surface area contributed by atoms with E-state index < -0.39 is 0 Å². The van der Waals surface area contributed by atoms with Gasteiger partial charge in [-0.15, -0.1) is 0 Å². The van der Waals surface area contributed by atoms with E-state index in [2.05, 4.69) is 25.9 Å². The minimum Gasteiger partial charge on any atom is -0.361 e. The second-order valence-electron chi connectivity index (χ2n) is 7.45. The molecule has 7 heteroatoms. The molecule has 3 aromatic rings. The molecule has 0 saturated heterocycles. The minimum atomic E-state index is -0.242. The SMILES string of the molecule is CN=C(NCCc1c[nH]c2cc(F)ccc12)NCc1ccc(NC(=O)C(C)C)cc1. The highest BCUT2D eigenvalue weighted by atomic mass is 19.1. The van der Waals surface area contributed by atoms with Gasteiger partial charge >= 0.3 is 0 Å². The van der Waals surface area contributed by atoms with E-state index in [4.69, 9.17) is 0 Å². The Morgan fingerprint density at radius 1 is 1.13 bits per heavy atom. The number of carbonyl (C=O) groups is 1. The maximum absolute atomic E-state index is 13.3. The zero-order valence-corrected chi connectivity index (χ0v) is 17.6. The van der Waals surface area contributed by atoms with E-state index in [1.807, 2.05) is 44.3 Å². The first kappa shape index (κ1) is 21.4. The van der Waals surface area contributed by atoms with Gasteiger partial charge in [0.15, 0.2) is 5.96 Å². The van der Waals surface area contributed by atoms with Crippen LogP contribution in [0.1, 0.15) is 25.0 Å². The van der Waals surface area contributed by atoms with Crippen LogP contribution in [0.25, 0.3) is 10.9 Å². The number of guanidine groups is 1. The summed E-state index contributed by atoms with van der Waals surface area (Å²) in [6, 6.07) is 12.5. The molecule has 1 aromatic heterocycles. The average molecular weight is 410 g/mol. The van der Waals surface area contributed by atoms with Crippen LogP contribution in [0.4, 0.5) is 10.1 Å². The zero-order valence-electron chi connectivity index (χ0n) is 17.6. The molecule has 2 aromatic carbocycles. The van der Waals surface area contributed by atoms with Crippen molar-refractivity contribution in [3.05, 3.63) is 65.6 Å². The van der Waals surface area contributed by atoms with Crippen molar-refractivity contribution >= 4 is 28.5 Å². The maximum Gasteiger partial charge on any atom is 0.226 e. The summed E-state index contributed by atoms with van der Waals surface area (Å²) in [7, 11) is 1.73. The fraction of sp³-hybridized carbons (Fsp3) is 0.304. The normalized spacial score (nSPS) is 11.7. The molecule has 0 fully saturated rings. The highest BCUT2D eigenvalue weighted by molar-refractivity contribution is 5.92. The van der Waals surface area contributed by atoms with Crippen LogP contribution < -0.4 is 16.0 Å². The Morgan fingerprint density at radius 2 is 1.90 bits per heavy atom. The Morgan fingerprint density at radius 3 is 2.60 bits per heavy atom. The van der Waals surface area contributed by atoms with E-state index in [1.54, 1.807) is 13.1 Å². The van der Waals surface area contributed by atoms with Crippen molar-refractivity contribution in [2.75, 3.05) is 18.9 Å². The summed E-state index contributed by atoms with van der Waals surface area (Å²) < 4.78 is 13.3. The van der Waals surface area contributed by atoms with E-state index >= 15 is 0 Å². The Balaban J connectivity index is 1.47. The number of nitrogens with one attached hydrogen (secondary N) is 4. The van der Waals surface area contributed by atoms with Crippen molar-refractivity contribution in [1.29, 1.82) is 0 Å². The monoisotopic (exact) mass is 409 g/mol. The van der Waals surface area contributed by atoms with Gasteiger partial charge in [-0.3, -0.25) is 9.79 Å². The van der Waals surface area contributed by atoms with Crippen molar-refractivity contribution in [3.63, 3.8) is 0 Å². The number of halogens is 1. The first-order valence-corrected chi connectivity index (χ1v) is 10.1. The second-order valence-corrected chi connectivity index (χ2v) is 7.45. The average Bonchev–Trinajstić information content (AvgIpc) is 3.13. The molecule has 0 saturated carbocycles. The van der Waals surface area contributed by atoms with Crippen LogP contribution in [0, 0.1) is 11.7 Å². The van der Waals surface area contributed by atoms with E-state index in [-0.39, 0.29) is 17.6 Å². The van der Waals surface area contributed by atoms with Gasteiger partial charge in [0.05, 0.1) is 0 Å². The van der Waals surface area contributed by atoms with Gasteiger partial charge in [-0.2, -0.15) is 0 Å². The van der Waals surface area contributed by atoms with Gasteiger partial charge in [0.25, 0.3) is 0 Å². The third-order valence-corrected chi connectivity index (χ3v) is 4.85. The Labute approximate surface area is 176 Å². The van der Waals surface area contributed by atoms with Crippen LogP contribution in [0.5, 0.6) is 0 Å². The molecule has 0 radical (unpaired) electrons. The maximum atomic E-state index is 13.3. The summed E-state index contributed by atoms with van der Waals surface area (Å²) in [5.74, 6) is 0.420. The number of benzene rings is 2. The van der Waals surface area contributed by atoms with Crippen molar-refractivity contribution in [2.24, 2.45) is 10.9 Å². The smallest absolute Gasteiger partial charge is 0.226 e. The number of anilines is 1. The fourth-order valence-electron chi connectivity index (χ4n) is 3.08. The van der Waals surface area contributed by atoms with E-state index in [0.717, 1.165) is 34.1 Å². The van der Waals surface area contributed by atoms with Gasteiger partial charge in [0.2, 0.25) is 5.91 Å². The minimum absolute atomic E-state index is 0.00538. The predicted octanol–water partition coefficient (Wildman–Crippen LogP) is 3.81. The summed E-state index contributed by atoms with van der Waals surface area (Å²) in [5, 5.41) is 10.5. The molecule has 158 valence electrons. The zero-order chi connectivity index (χ0) is 21.5. The number of H-pyrrole nitrogens is 1. The molecule has 3 rings (SSSR count). The third kappa shape index (κ3) is 5.59. The number of fused-ring (bicyclic) bond motifs is 1. The van der Waals surface area contributed by atoms with E-state index in [9.17, 15) is 9.18 Å². The number of nitrogens with zero attached hydrogens (tertiary/aromatic N) is 1. The number of hydrogen-bond donors (Lipinski definition) is 4. The molecule has 0 bridgehead atoms. The molecule has 0 aliphatic rings. The summed E-state index contributed by atoms with van der Waals surface area (Å²) in [6.45, 7) is 5.05. The first-order valence-electron chi connectivity index (χ1n) is 10.1. The lowest BCUT2D eigenvalue weighted by Gasteiger charge is -2.12. The highest BCUT2D eigenvalue weighted by Crippen LogP contribution is 2.19. The molecule has 0 spiro atoms. The van der Waals surface area contributed by atoms with Crippen molar-refractivity contribution < 1.29 is 9.18 Å². The molecular formula is C23H28FN5O. The summed E-state index contributed by atoms with van der Waals surface area (Å²) in [5.41, 5.74) is 3.81. The van der Waals surface area contributed by atoms with Crippen LogP contribution in [0.15, 0.2) is 53.7 Å². The predicted molar refractivity (Wildman–Crippen MR) is 120 cm³/mol. The van der Waals surface area contributed by atoms with Gasteiger partial charge in [-0.05, 0) is 47.9 Å². The lowest BCUT2D eigenvalue weighted by atomic mass is 10.1. The van der Waals surface area contributed by atoms with Crippen LogP contribution in [-0.4, -0.2) is 30.4 Å². The summed E-state index contributed by atoms with van der Waals surface area (Å²) in [6.07, 6.45) is 2.71. The van der Waals surface area contributed by atoms with Crippen molar-refractivity contribution in [2.45, 2.75) is 26.8 Å². The van der Waals surface area contributed by atoms with Gasteiger partial charge in [-0.25, -0.2) is 4.39 Å². The molecule has 0 atom stereocenters. The van der Waals surface area contributed by atoms with Crippen LogP contribution in [0.2, 0.25) is 0 Å². The van der Waals surface area contributed by atoms with E-state index in [1.165, 1.54) is 12.1 Å². The molecule has 0 aliphatic heterocycles. The van der Waals surface area contributed by atoms with Crippen molar-refractivity contribution in [3.8, 4) is 0 Å². The van der Waals surface area contributed by atoms with Gasteiger partial charge < -0.3 is 20.9 Å². The molecule has 1 heterocycles. The number of rotatable bonds is 7. The van der Waals surface area contributed by atoms with E-state index in [0.29, 0.717) is 19.0 Å². The van der Waals surface area contributed by atoms with Gasteiger partial charge in [0.1, 0.15) is 5.82 Å². The molecule has 4 N–H and O–H groups in total. The van der Waals surface area contributed by atoms with Crippen LogP contribution in [0.3, 0.4) is 0 Å². The molecule has 6 nitrogen and oxygen atoms in total. The summed E-state index contributed by atoms with van der Waals surface area (Å²) >= 11 is 0. The lowest BCUT2D eigenvalue weighted by Crippen LogP contribution is -2.37. The number of aliphatic imine (C=N–C) groups is 1. The standard InChI is InChI=1S/C23H28FN5O/c1-15(2)22(30)29-19-7-4-16(5-8-19)13-28-23(25-3)26-11-10-17-14-27-21-12-18(24)6-9-20(17)21/h4-9,12,14-15,27H,10-11,13H2,1-3H3,(H,29,30)(H2,25,26,28). The number of carbonyl (C=O) groups excluding carboxylic acids is 1. The van der Waals surface area contributed by atoms with Gasteiger partial charge in [0, 0.05) is 48.8 Å².